The second-order valence-corrected chi connectivity index (χ2v) is 9.86. The van der Waals surface area contributed by atoms with Gasteiger partial charge in [-0.1, -0.05) is 17.7 Å². The van der Waals surface area contributed by atoms with E-state index in [2.05, 4.69) is 4.90 Å². The summed E-state index contributed by atoms with van der Waals surface area (Å²) in [5.74, 6) is -0.864. The number of rotatable bonds is 5. The molecule has 1 saturated heterocycles. The number of sulfone groups is 1. The lowest BCUT2D eigenvalue weighted by atomic mass is 10.1. The van der Waals surface area contributed by atoms with Crippen molar-refractivity contribution in [1.82, 2.24) is 4.90 Å². The molecule has 6 nitrogen and oxygen atoms in total. The van der Waals surface area contributed by atoms with Gasteiger partial charge in [0.05, 0.1) is 10.5 Å². The number of carbonyl (C=O) groups excluding carboxylic acids is 1. The average molecular weight is 471 g/mol. The molecule has 1 fully saturated rings. The van der Waals surface area contributed by atoms with E-state index in [-0.39, 0.29) is 16.2 Å². The van der Waals surface area contributed by atoms with Gasteiger partial charge in [0.25, 0.3) is 5.91 Å². The smallest absolute Gasteiger partial charge is 0.425 e. The third-order valence-corrected chi connectivity index (χ3v) is 6.45. The lowest BCUT2D eigenvalue weighted by Gasteiger charge is -2.36. The number of piperazine rings is 1. The number of hydrogen-bond donors (Lipinski definition) is 0. The summed E-state index contributed by atoms with van der Waals surface area (Å²) in [4.78, 5) is 16.6. The fourth-order valence-corrected chi connectivity index (χ4v) is 4.01. The lowest BCUT2D eigenvalue weighted by Crippen LogP contribution is -2.49. The summed E-state index contributed by atoms with van der Waals surface area (Å²) in [6, 6.07) is 11.3. The van der Waals surface area contributed by atoms with Crippen molar-refractivity contribution in [3.8, 4) is 5.75 Å². The summed E-state index contributed by atoms with van der Waals surface area (Å²) in [7, 11) is -3.67. The van der Waals surface area contributed by atoms with Crippen LogP contribution >= 0.6 is 0 Å². The molecule has 0 radical (unpaired) electrons. The number of benzene rings is 2. The number of halogens is 3. The van der Waals surface area contributed by atoms with Crippen molar-refractivity contribution in [1.29, 1.82) is 0 Å². The highest BCUT2D eigenvalue weighted by atomic mass is 32.2. The number of nitrogens with zero attached hydrogens (tertiary/aromatic N) is 2. The zero-order chi connectivity index (χ0) is 23.7. The molecule has 32 heavy (non-hydrogen) atoms. The maximum Gasteiger partial charge on any atom is 0.425 e. The SMILES string of the molecule is Cc1ccc(N2CCN(C(=O)c3cc(S(C)(=O)=O)ccc3O[C@@H](C)C(F)(F)F)CC2)cc1. The third-order valence-electron chi connectivity index (χ3n) is 5.34. The fraction of sp³-hybridized carbons (Fsp3) is 0.409. The van der Waals surface area contributed by atoms with Crippen molar-refractivity contribution >= 4 is 21.4 Å². The quantitative estimate of drug-likeness (QED) is 0.667. The van der Waals surface area contributed by atoms with Crippen molar-refractivity contribution < 1.29 is 31.1 Å². The highest BCUT2D eigenvalue weighted by molar-refractivity contribution is 7.90. The van der Waals surface area contributed by atoms with Gasteiger partial charge in [-0.15, -0.1) is 0 Å². The van der Waals surface area contributed by atoms with E-state index in [9.17, 15) is 26.4 Å². The number of aryl methyl sites for hydroxylation is 1. The summed E-state index contributed by atoms with van der Waals surface area (Å²) < 4.78 is 67.9. The molecular formula is C22H25F3N2O4S. The first kappa shape index (κ1) is 23.9. The molecule has 1 aliphatic heterocycles. The molecule has 3 rings (SSSR count). The maximum atomic E-state index is 13.2. The Labute approximate surface area is 185 Å². The van der Waals surface area contributed by atoms with E-state index in [1.165, 1.54) is 4.90 Å². The van der Waals surface area contributed by atoms with Gasteiger partial charge in [-0.05, 0) is 44.2 Å². The number of hydrogen-bond acceptors (Lipinski definition) is 5. The van der Waals surface area contributed by atoms with E-state index in [0.29, 0.717) is 26.2 Å². The van der Waals surface area contributed by atoms with Crippen LogP contribution in [0, 0.1) is 6.92 Å². The Balaban J connectivity index is 1.83. The van der Waals surface area contributed by atoms with Crippen LogP contribution in [-0.2, 0) is 9.84 Å². The van der Waals surface area contributed by atoms with Gasteiger partial charge >= 0.3 is 6.18 Å². The van der Waals surface area contributed by atoms with Crippen LogP contribution < -0.4 is 9.64 Å². The van der Waals surface area contributed by atoms with Crippen LogP contribution in [0.3, 0.4) is 0 Å². The van der Waals surface area contributed by atoms with Crippen LogP contribution in [0.25, 0.3) is 0 Å². The first-order valence-corrected chi connectivity index (χ1v) is 11.9. The predicted octanol–water partition coefficient (Wildman–Crippen LogP) is 3.69. The van der Waals surface area contributed by atoms with E-state index < -0.39 is 28.0 Å². The maximum absolute atomic E-state index is 13.2. The normalized spacial score (nSPS) is 16.1. The topological polar surface area (TPSA) is 66.9 Å². The van der Waals surface area contributed by atoms with Crippen molar-refractivity contribution in [2.45, 2.75) is 31.0 Å². The second kappa shape index (κ2) is 9.01. The van der Waals surface area contributed by atoms with Crippen molar-refractivity contribution in [3.05, 3.63) is 53.6 Å². The summed E-state index contributed by atoms with van der Waals surface area (Å²) in [6.07, 6.45) is -5.82. The Bertz CT molecular complexity index is 1080. The molecule has 0 aliphatic carbocycles. The molecule has 10 heteroatoms. The molecule has 0 spiro atoms. The van der Waals surface area contributed by atoms with Gasteiger partial charge in [0, 0.05) is 38.1 Å². The standard InChI is InChI=1S/C22H25F3N2O4S/c1-15-4-6-17(7-5-15)26-10-12-27(13-11-26)21(28)19-14-18(32(3,29)30)8-9-20(19)31-16(2)22(23,24)25/h4-9,14,16H,10-13H2,1-3H3/t16-/m0/s1. The van der Waals surface area contributed by atoms with Crippen LogP contribution in [0.5, 0.6) is 5.75 Å². The first-order chi connectivity index (χ1) is 14.9. The number of anilines is 1. The van der Waals surface area contributed by atoms with Crippen molar-refractivity contribution in [3.63, 3.8) is 0 Å². The zero-order valence-corrected chi connectivity index (χ0v) is 18.8. The molecule has 2 aromatic carbocycles. The van der Waals surface area contributed by atoms with E-state index in [4.69, 9.17) is 4.74 Å². The van der Waals surface area contributed by atoms with Crippen LogP contribution in [-0.4, -0.2) is 63.9 Å². The van der Waals surface area contributed by atoms with Crippen molar-refractivity contribution in [2.24, 2.45) is 0 Å². The molecule has 1 atom stereocenters. The van der Waals surface area contributed by atoms with Gasteiger partial charge in [-0.2, -0.15) is 13.2 Å². The average Bonchev–Trinajstić information content (AvgIpc) is 2.73. The largest absolute Gasteiger partial charge is 0.480 e. The number of alkyl halides is 3. The highest BCUT2D eigenvalue weighted by Gasteiger charge is 2.39. The lowest BCUT2D eigenvalue weighted by molar-refractivity contribution is -0.189. The highest BCUT2D eigenvalue weighted by Crippen LogP contribution is 2.30. The number of ether oxygens (including phenoxy) is 1. The molecule has 1 amide bonds. The Morgan fingerprint density at radius 3 is 2.16 bits per heavy atom. The Hall–Kier alpha value is -2.75. The van der Waals surface area contributed by atoms with Crippen LogP contribution in [0.4, 0.5) is 18.9 Å². The van der Waals surface area contributed by atoms with E-state index in [1.807, 2.05) is 31.2 Å². The molecule has 2 aromatic rings. The van der Waals surface area contributed by atoms with Gasteiger partial charge in [0.2, 0.25) is 0 Å². The number of amides is 1. The minimum atomic E-state index is -4.63. The summed E-state index contributed by atoms with van der Waals surface area (Å²) in [6.45, 7) is 4.57. The molecule has 1 heterocycles. The van der Waals surface area contributed by atoms with E-state index >= 15 is 0 Å². The fourth-order valence-electron chi connectivity index (χ4n) is 3.36. The summed E-state index contributed by atoms with van der Waals surface area (Å²) in [5.41, 5.74) is 1.95. The van der Waals surface area contributed by atoms with Gasteiger partial charge in [0.15, 0.2) is 15.9 Å². The number of carbonyl (C=O) groups is 1. The zero-order valence-electron chi connectivity index (χ0n) is 18.0. The monoisotopic (exact) mass is 470 g/mol. The minimum Gasteiger partial charge on any atom is -0.480 e. The van der Waals surface area contributed by atoms with Crippen LogP contribution in [0.2, 0.25) is 0 Å². The van der Waals surface area contributed by atoms with Gasteiger partial charge in [0.1, 0.15) is 5.75 Å². The Morgan fingerprint density at radius 1 is 1.03 bits per heavy atom. The predicted molar refractivity (Wildman–Crippen MR) is 115 cm³/mol. The van der Waals surface area contributed by atoms with Gasteiger partial charge in [-0.25, -0.2) is 8.42 Å². The molecule has 0 unspecified atom stereocenters. The molecule has 174 valence electrons. The van der Waals surface area contributed by atoms with E-state index in [1.54, 1.807) is 0 Å². The summed E-state index contributed by atoms with van der Waals surface area (Å²) >= 11 is 0. The van der Waals surface area contributed by atoms with Crippen LogP contribution in [0.15, 0.2) is 47.4 Å². The second-order valence-electron chi connectivity index (χ2n) is 7.85. The molecule has 1 aliphatic rings. The van der Waals surface area contributed by atoms with Crippen molar-refractivity contribution in [2.75, 3.05) is 37.3 Å². The van der Waals surface area contributed by atoms with Gasteiger partial charge < -0.3 is 14.5 Å². The molecular weight excluding hydrogens is 445 g/mol. The molecule has 0 aromatic heterocycles. The molecule has 0 N–H and O–H groups in total. The molecule has 0 saturated carbocycles. The molecule has 0 bridgehead atoms. The van der Waals surface area contributed by atoms with Crippen LogP contribution in [0.1, 0.15) is 22.8 Å². The third kappa shape index (κ3) is 5.53. The minimum absolute atomic E-state index is 0.161. The Morgan fingerprint density at radius 2 is 1.62 bits per heavy atom. The Kier molecular flexibility index (Phi) is 6.73. The summed E-state index contributed by atoms with van der Waals surface area (Å²) in [5, 5.41) is 0. The van der Waals surface area contributed by atoms with E-state index in [0.717, 1.165) is 42.6 Å². The van der Waals surface area contributed by atoms with Gasteiger partial charge in [-0.3, -0.25) is 4.79 Å². The first-order valence-electron chi connectivity index (χ1n) is 10.0.